The monoisotopic (exact) mass is 194 g/mol. The average Bonchev–Trinajstić information content (AvgIpc) is 2.50. The molecule has 0 aromatic carbocycles. The van der Waals surface area contributed by atoms with Gasteiger partial charge in [0, 0.05) is 0 Å². The molecule has 0 spiro atoms. The fourth-order valence-corrected chi connectivity index (χ4v) is 2.19. The zero-order chi connectivity index (χ0) is 9.84. The van der Waals surface area contributed by atoms with Crippen molar-refractivity contribution in [3.05, 3.63) is 21.9 Å². The minimum atomic E-state index is -0.458. The van der Waals surface area contributed by atoms with Gasteiger partial charge in [0.1, 0.15) is 6.04 Å². The Hall–Kier alpha value is -0.850. The minimum absolute atomic E-state index is 0.458. The van der Waals surface area contributed by atoms with Crippen LogP contribution >= 0.6 is 11.3 Å². The largest absolute Gasteiger partial charge is 0.312 e. The number of hydrogen-bond acceptors (Lipinski definition) is 3. The van der Waals surface area contributed by atoms with Gasteiger partial charge < -0.3 is 5.73 Å². The molecule has 0 aliphatic rings. The summed E-state index contributed by atoms with van der Waals surface area (Å²) in [4.78, 5) is 0. The summed E-state index contributed by atoms with van der Waals surface area (Å²) < 4.78 is 0. The zero-order valence-corrected chi connectivity index (χ0v) is 8.77. The Morgan fingerprint density at radius 1 is 1.54 bits per heavy atom. The lowest BCUT2D eigenvalue weighted by Crippen LogP contribution is -2.09. The fraction of sp³-hybridized carbons (Fsp3) is 0.500. The van der Waals surface area contributed by atoms with E-state index in [1.54, 1.807) is 11.3 Å². The molecule has 1 heterocycles. The molecule has 0 aliphatic carbocycles. The molecule has 0 fully saturated rings. The third-order valence-electron chi connectivity index (χ3n) is 1.88. The van der Waals surface area contributed by atoms with Gasteiger partial charge in [-0.2, -0.15) is 16.6 Å². The molecule has 0 radical (unpaired) electrons. The maximum absolute atomic E-state index is 8.69. The van der Waals surface area contributed by atoms with Gasteiger partial charge in [0.2, 0.25) is 0 Å². The van der Waals surface area contributed by atoms with Crippen molar-refractivity contribution in [2.75, 3.05) is 0 Å². The van der Waals surface area contributed by atoms with Crippen molar-refractivity contribution in [3.63, 3.8) is 0 Å². The van der Waals surface area contributed by atoms with Gasteiger partial charge in [-0.05, 0) is 34.2 Å². The van der Waals surface area contributed by atoms with E-state index in [2.05, 4.69) is 25.3 Å². The van der Waals surface area contributed by atoms with Gasteiger partial charge in [0.25, 0.3) is 0 Å². The standard InChI is InChI=1S/C10H14N2S/c1-7(2)3-8-5-13-6-9(8)10(12)4-11/h5-7,10H,3,12H2,1-2H3. The Bertz CT molecular complexity index is 309. The molecule has 70 valence electrons. The first-order chi connectivity index (χ1) is 6.15. The van der Waals surface area contributed by atoms with Crippen LogP contribution in [0.5, 0.6) is 0 Å². The molecule has 0 saturated carbocycles. The summed E-state index contributed by atoms with van der Waals surface area (Å²) in [7, 11) is 0. The summed E-state index contributed by atoms with van der Waals surface area (Å²) in [5.74, 6) is 0.610. The summed E-state index contributed by atoms with van der Waals surface area (Å²) in [5.41, 5.74) is 7.89. The van der Waals surface area contributed by atoms with Crippen molar-refractivity contribution in [2.45, 2.75) is 26.3 Å². The van der Waals surface area contributed by atoms with Crippen LogP contribution in [-0.4, -0.2) is 0 Å². The molecule has 1 rings (SSSR count). The molecule has 1 unspecified atom stereocenters. The third-order valence-corrected chi connectivity index (χ3v) is 2.69. The number of nitriles is 1. The van der Waals surface area contributed by atoms with E-state index < -0.39 is 6.04 Å². The quantitative estimate of drug-likeness (QED) is 0.803. The van der Waals surface area contributed by atoms with Gasteiger partial charge in [-0.25, -0.2) is 0 Å². The van der Waals surface area contributed by atoms with E-state index >= 15 is 0 Å². The second-order valence-corrected chi connectivity index (χ2v) is 4.30. The predicted molar refractivity (Wildman–Crippen MR) is 55.4 cm³/mol. The SMILES string of the molecule is CC(C)Cc1cscc1C(N)C#N. The molecule has 1 aromatic rings. The normalized spacial score (nSPS) is 12.8. The summed E-state index contributed by atoms with van der Waals surface area (Å²) in [5, 5.41) is 12.8. The highest BCUT2D eigenvalue weighted by Gasteiger charge is 2.11. The van der Waals surface area contributed by atoms with Crippen LogP contribution in [0.4, 0.5) is 0 Å². The predicted octanol–water partition coefficient (Wildman–Crippen LogP) is 2.47. The maximum Gasteiger partial charge on any atom is 0.119 e. The van der Waals surface area contributed by atoms with Crippen LogP contribution in [0.2, 0.25) is 0 Å². The summed E-state index contributed by atoms with van der Waals surface area (Å²) in [6.07, 6.45) is 1.01. The van der Waals surface area contributed by atoms with Gasteiger partial charge >= 0.3 is 0 Å². The number of nitrogens with zero attached hydrogens (tertiary/aromatic N) is 1. The van der Waals surface area contributed by atoms with Gasteiger partial charge in [0.05, 0.1) is 6.07 Å². The topological polar surface area (TPSA) is 49.8 Å². The van der Waals surface area contributed by atoms with Crippen LogP contribution in [0.1, 0.15) is 31.0 Å². The van der Waals surface area contributed by atoms with Crippen molar-refractivity contribution in [1.82, 2.24) is 0 Å². The van der Waals surface area contributed by atoms with Crippen molar-refractivity contribution < 1.29 is 0 Å². The molecule has 1 aromatic heterocycles. The molecule has 2 nitrogen and oxygen atoms in total. The van der Waals surface area contributed by atoms with Gasteiger partial charge in [-0.15, -0.1) is 0 Å². The molecular weight excluding hydrogens is 180 g/mol. The fourth-order valence-electron chi connectivity index (χ4n) is 1.28. The average molecular weight is 194 g/mol. The van der Waals surface area contributed by atoms with Crippen LogP contribution in [0, 0.1) is 17.2 Å². The summed E-state index contributed by atoms with van der Waals surface area (Å²) >= 11 is 1.62. The van der Waals surface area contributed by atoms with Gasteiger partial charge in [-0.3, -0.25) is 0 Å². The first-order valence-corrected chi connectivity index (χ1v) is 5.29. The lowest BCUT2D eigenvalue weighted by molar-refractivity contribution is 0.642. The molecular formula is C10H14N2S. The van der Waals surface area contributed by atoms with Crippen molar-refractivity contribution in [3.8, 4) is 6.07 Å². The molecule has 1 atom stereocenters. The van der Waals surface area contributed by atoms with Crippen LogP contribution in [0.3, 0.4) is 0 Å². The molecule has 13 heavy (non-hydrogen) atoms. The highest BCUT2D eigenvalue weighted by atomic mass is 32.1. The summed E-state index contributed by atoms with van der Waals surface area (Å²) in [6.45, 7) is 4.33. The van der Waals surface area contributed by atoms with E-state index in [-0.39, 0.29) is 0 Å². The Balaban J connectivity index is 2.84. The van der Waals surface area contributed by atoms with Crippen LogP contribution < -0.4 is 5.73 Å². The van der Waals surface area contributed by atoms with E-state index in [0.29, 0.717) is 5.92 Å². The number of rotatable bonds is 3. The lowest BCUT2D eigenvalue weighted by Gasteiger charge is -2.07. The minimum Gasteiger partial charge on any atom is -0.312 e. The molecule has 0 aliphatic heterocycles. The Kier molecular flexibility index (Phi) is 3.47. The molecule has 3 heteroatoms. The van der Waals surface area contributed by atoms with Crippen LogP contribution in [-0.2, 0) is 6.42 Å². The van der Waals surface area contributed by atoms with E-state index in [1.807, 2.05) is 5.38 Å². The van der Waals surface area contributed by atoms with E-state index in [1.165, 1.54) is 5.56 Å². The van der Waals surface area contributed by atoms with Crippen molar-refractivity contribution in [2.24, 2.45) is 11.7 Å². The maximum atomic E-state index is 8.69. The van der Waals surface area contributed by atoms with E-state index in [9.17, 15) is 0 Å². The molecule has 0 saturated heterocycles. The smallest absolute Gasteiger partial charge is 0.119 e. The first-order valence-electron chi connectivity index (χ1n) is 4.35. The Morgan fingerprint density at radius 2 is 2.23 bits per heavy atom. The second kappa shape index (κ2) is 4.40. The lowest BCUT2D eigenvalue weighted by atomic mass is 9.99. The van der Waals surface area contributed by atoms with E-state index in [4.69, 9.17) is 11.0 Å². The molecule has 0 bridgehead atoms. The van der Waals surface area contributed by atoms with Gasteiger partial charge in [-0.1, -0.05) is 13.8 Å². The molecule has 2 N–H and O–H groups in total. The number of thiophene rings is 1. The highest BCUT2D eigenvalue weighted by Crippen LogP contribution is 2.23. The first kappa shape index (κ1) is 10.2. The second-order valence-electron chi connectivity index (χ2n) is 3.56. The number of nitrogens with two attached hydrogens (primary N) is 1. The number of hydrogen-bond donors (Lipinski definition) is 1. The Morgan fingerprint density at radius 3 is 2.77 bits per heavy atom. The van der Waals surface area contributed by atoms with Crippen LogP contribution in [0.25, 0.3) is 0 Å². The Labute approximate surface area is 83.0 Å². The third kappa shape index (κ3) is 2.55. The van der Waals surface area contributed by atoms with E-state index in [0.717, 1.165) is 12.0 Å². The van der Waals surface area contributed by atoms with Crippen molar-refractivity contribution in [1.29, 1.82) is 5.26 Å². The zero-order valence-electron chi connectivity index (χ0n) is 7.95. The molecule has 0 amide bonds. The highest BCUT2D eigenvalue weighted by molar-refractivity contribution is 7.08. The van der Waals surface area contributed by atoms with Gasteiger partial charge in [0.15, 0.2) is 0 Å². The van der Waals surface area contributed by atoms with Crippen LogP contribution in [0.15, 0.2) is 10.8 Å². The van der Waals surface area contributed by atoms with Crippen molar-refractivity contribution >= 4 is 11.3 Å². The summed E-state index contributed by atoms with van der Waals surface area (Å²) in [6, 6.07) is 1.61.